The average Bonchev–Trinajstić information content (AvgIpc) is 3.22. The zero-order valence-electron chi connectivity index (χ0n) is 34.0. The molecule has 3 heteroatoms. The molecule has 0 amide bonds. The number of nitrogens with two attached hydrogens (primary N) is 1. The molecule has 6 aromatic rings. The third-order valence-electron chi connectivity index (χ3n) is 11.0. The van der Waals surface area contributed by atoms with Crippen LogP contribution in [0.2, 0.25) is 0 Å². The van der Waals surface area contributed by atoms with Crippen molar-refractivity contribution in [2.24, 2.45) is 5.41 Å². The molecular formula is C53H58N3+. The van der Waals surface area contributed by atoms with Gasteiger partial charge in [0.25, 0.3) is 0 Å². The van der Waals surface area contributed by atoms with E-state index in [2.05, 4.69) is 203 Å². The summed E-state index contributed by atoms with van der Waals surface area (Å²) in [4.78, 5) is 2.47. The maximum atomic E-state index is 10.6. The number of anilines is 1. The third kappa shape index (κ3) is 9.75. The molecule has 0 heterocycles. The highest BCUT2D eigenvalue weighted by Crippen LogP contribution is 2.41. The van der Waals surface area contributed by atoms with Crippen LogP contribution in [0.5, 0.6) is 0 Å². The Hall–Kier alpha value is -5.69. The highest BCUT2D eigenvalue weighted by atomic mass is 15.1. The van der Waals surface area contributed by atoms with E-state index in [0.717, 1.165) is 45.2 Å². The van der Waals surface area contributed by atoms with E-state index in [1.165, 1.54) is 55.3 Å². The van der Waals surface area contributed by atoms with Crippen LogP contribution in [0.3, 0.4) is 0 Å². The standard InChI is InChI=1S/C53H57N3/c1-6-35-55-49-32-30-45-25-16-17-27-48(45)51(49)53(5,39-42-21-12-9-13-22-42)34-18-23-43(40-54)28-33-50(52(3,4)38-41-19-10-8-11-20-41)56(36-7-2)47-31-29-44-24-14-15-26-46(44)37-47/h8-33,37,55H,6-7,34-36,38-39H2,1-5H3/p+1/b23-18+,43-28-,50-33+. The first-order valence-corrected chi connectivity index (χ1v) is 20.4. The number of quaternary nitrogens is 1. The predicted octanol–water partition coefficient (Wildman–Crippen LogP) is 12.6. The normalized spacial score (nSPS) is 13.6. The van der Waals surface area contributed by atoms with Crippen molar-refractivity contribution >= 4 is 32.9 Å². The Morgan fingerprint density at radius 2 is 1.30 bits per heavy atom. The van der Waals surface area contributed by atoms with Gasteiger partial charge in [0.1, 0.15) is 5.69 Å². The van der Waals surface area contributed by atoms with Crippen molar-refractivity contribution in [1.82, 2.24) is 0 Å². The van der Waals surface area contributed by atoms with Crippen molar-refractivity contribution in [3.05, 3.63) is 192 Å². The summed E-state index contributed by atoms with van der Waals surface area (Å²) in [6, 6.07) is 52.8. The third-order valence-corrected chi connectivity index (χ3v) is 11.0. The van der Waals surface area contributed by atoms with E-state index in [4.69, 9.17) is 0 Å². The van der Waals surface area contributed by atoms with E-state index in [9.17, 15) is 5.26 Å². The summed E-state index contributed by atoms with van der Waals surface area (Å²) in [5.74, 6) is 0. The zero-order valence-corrected chi connectivity index (χ0v) is 34.0. The van der Waals surface area contributed by atoms with Crippen LogP contribution in [0.1, 0.15) is 70.6 Å². The van der Waals surface area contributed by atoms with Gasteiger partial charge in [-0.15, -0.1) is 0 Å². The highest BCUT2D eigenvalue weighted by Gasteiger charge is 2.32. The Labute approximate surface area is 335 Å². The first-order chi connectivity index (χ1) is 27.2. The molecule has 0 radical (unpaired) electrons. The summed E-state index contributed by atoms with van der Waals surface area (Å²) in [5, 5.41) is 18.0. The van der Waals surface area contributed by atoms with E-state index in [1.54, 1.807) is 0 Å². The summed E-state index contributed by atoms with van der Waals surface area (Å²) in [6.45, 7) is 13.5. The average molecular weight is 737 g/mol. The maximum absolute atomic E-state index is 10.6. The molecule has 284 valence electrons. The number of hydrogen-bond donors (Lipinski definition) is 1. The Bertz CT molecular complexity index is 2340. The van der Waals surface area contributed by atoms with Crippen LogP contribution in [0.4, 0.5) is 11.4 Å². The molecule has 0 aromatic heterocycles. The van der Waals surface area contributed by atoms with Gasteiger partial charge >= 0.3 is 0 Å². The van der Waals surface area contributed by atoms with E-state index >= 15 is 0 Å². The largest absolute Gasteiger partial charge is 0.345 e. The van der Waals surface area contributed by atoms with Gasteiger partial charge in [-0.3, -0.25) is 0 Å². The molecule has 1 unspecified atom stereocenters. The number of benzene rings is 6. The molecule has 2 N–H and O–H groups in total. The van der Waals surface area contributed by atoms with Crippen LogP contribution in [-0.4, -0.2) is 13.1 Å². The summed E-state index contributed by atoms with van der Waals surface area (Å²) < 4.78 is 0. The van der Waals surface area contributed by atoms with Crippen LogP contribution in [0, 0.1) is 16.7 Å². The quantitative estimate of drug-likeness (QED) is 0.0576. The molecule has 3 nitrogen and oxygen atoms in total. The van der Waals surface area contributed by atoms with Crippen molar-refractivity contribution in [3.63, 3.8) is 0 Å². The minimum atomic E-state index is -0.225. The lowest BCUT2D eigenvalue weighted by molar-refractivity contribution is -0.572. The van der Waals surface area contributed by atoms with Gasteiger partial charge in [-0.1, -0.05) is 156 Å². The van der Waals surface area contributed by atoms with Crippen LogP contribution in [0.15, 0.2) is 175 Å². The van der Waals surface area contributed by atoms with Crippen molar-refractivity contribution < 1.29 is 5.32 Å². The molecule has 0 bridgehead atoms. The Balaban J connectivity index is 1.41. The highest BCUT2D eigenvalue weighted by molar-refractivity contribution is 5.90. The van der Waals surface area contributed by atoms with Crippen molar-refractivity contribution in [1.29, 1.82) is 5.26 Å². The molecule has 0 spiro atoms. The number of fused-ring (bicyclic) bond motifs is 2. The fourth-order valence-corrected chi connectivity index (χ4v) is 8.32. The van der Waals surface area contributed by atoms with Crippen LogP contribution >= 0.6 is 0 Å². The second-order valence-corrected chi connectivity index (χ2v) is 16.1. The Morgan fingerprint density at radius 3 is 1.98 bits per heavy atom. The van der Waals surface area contributed by atoms with Gasteiger partial charge in [-0.05, 0) is 107 Å². The number of nitriles is 1. The molecule has 0 aliphatic carbocycles. The van der Waals surface area contributed by atoms with Gasteiger partial charge < -0.3 is 10.2 Å². The lowest BCUT2D eigenvalue weighted by Gasteiger charge is -2.38. The summed E-state index contributed by atoms with van der Waals surface area (Å²) in [5.41, 5.74) is 7.87. The monoisotopic (exact) mass is 736 g/mol. The van der Waals surface area contributed by atoms with Gasteiger partial charge in [0.15, 0.2) is 0 Å². The summed E-state index contributed by atoms with van der Waals surface area (Å²) >= 11 is 0. The first kappa shape index (κ1) is 40.0. The maximum Gasteiger partial charge on any atom is 0.134 e. The molecule has 0 aliphatic rings. The van der Waals surface area contributed by atoms with Gasteiger partial charge in [-0.2, -0.15) is 5.26 Å². The second kappa shape index (κ2) is 18.8. The van der Waals surface area contributed by atoms with Crippen molar-refractivity contribution in [3.8, 4) is 6.07 Å². The number of nitrogens with zero attached hydrogens (tertiary/aromatic N) is 2. The summed E-state index contributed by atoms with van der Waals surface area (Å²) in [7, 11) is 0. The van der Waals surface area contributed by atoms with E-state index in [1.807, 2.05) is 12.2 Å². The molecular weight excluding hydrogens is 679 g/mol. The number of allylic oxidation sites excluding steroid dienone is 6. The van der Waals surface area contributed by atoms with Gasteiger partial charge in [-0.25, -0.2) is 0 Å². The second-order valence-electron chi connectivity index (χ2n) is 16.1. The Morgan fingerprint density at radius 1 is 0.679 bits per heavy atom. The SMILES string of the molecule is CCC[NH2+]c1ccc2ccccc2c1C(C)(C/C=C/C(C#N)=C/C=C(/N(CCC)c1ccc2ccccc2c1)C(C)(C)Cc1ccccc1)Cc1ccccc1. The number of hydrogen-bond acceptors (Lipinski definition) is 2. The molecule has 1 atom stereocenters. The van der Waals surface area contributed by atoms with E-state index in [-0.39, 0.29) is 10.8 Å². The lowest BCUT2D eigenvalue weighted by Crippen LogP contribution is -2.78. The molecule has 6 rings (SSSR count). The van der Waals surface area contributed by atoms with Crippen LogP contribution < -0.4 is 10.2 Å². The molecule has 0 fully saturated rings. The van der Waals surface area contributed by atoms with E-state index < -0.39 is 0 Å². The minimum absolute atomic E-state index is 0.217. The fourth-order valence-electron chi connectivity index (χ4n) is 8.32. The minimum Gasteiger partial charge on any atom is -0.345 e. The molecule has 0 saturated heterocycles. The lowest BCUT2D eigenvalue weighted by atomic mass is 9.72. The molecule has 0 saturated carbocycles. The van der Waals surface area contributed by atoms with Crippen LogP contribution in [-0.2, 0) is 18.3 Å². The van der Waals surface area contributed by atoms with Crippen LogP contribution in [0.25, 0.3) is 21.5 Å². The van der Waals surface area contributed by atoms with Crippen molar-refractivity contribution in [2.45, 2.75) is 72.1 Å². The Kier molecular flexibility index (Phi) is 13.4. The van der Waals surface area contributed by atoms with Gasteiger partial charge in [0, 0.05) is 34.3 Å². The molecule has 56 heavy (non-hydrogen) atoms. The number of rotatable bonds is 17. The molecule has 6 aromatic carbocycles. The fraction of sp³-hybridized carbons (Fsp3) is 0.264. The molecule has 0 aliphatic heterocycles. The first-order valence-electron chi connectivity index (χ1n) is 20.4. The van der Waals surface area contributed by atoms with Gasteiger partial charge in [0.2, 0.25) is 0 Å². The van der Waals surface area contributed by atoms with Crippen molar-refractivity contribution in [2.75, 3.05) is 18.0 Å². The predicted molar refractivity (Wildman–Crippen MR) is 239 cm³/mol. The summed E-state index contributed by atoms with van der Waals surface area (Å²) in [6.07, 6.45) is 13.2. The smallest absolute Gasteiger partial charge is 0.134 e. The topological polar surface area (TPSA) is 43.6 Å². The zero-order chi connectivity index (χ0) is 39.4. The van der Waals surface area contributed by atoms with Gasteiger partial charge in [0.05, 0.1) is 18.2 Å². The van der Waals surface area contributed by atoms with E-state index in [0.29, 0.717) is 5.57 Å².